The molecule has 0 fully saturated rings. The second-order valence-electron chi connectivity index (χ2n) is 4.61. The zero-order valence-electron chi connectivity index (χ0n) is 11.3. The Bertz CT molecular complexity index is 765. The van der Waals surface area contributed by atoms with Crippen molar-refractivity contribution in [3.63, 3.8) is 0 Å². The summed E-state index contributed by atoms with van der Waals surface area (Å²) in [5.41, 5.74) is 4.70. The van der Waals surface area contributed by atoms with Gasteiger partial charge < -0.3 is 5.32 Å². The number of fused-ring (bicyclic) bond motifs is 1. The third-order valence-corrected chi connectivity index (χ3v) is 3.87. The minimum atomic E-state index is 0.412. The molecule has 0 aliphatic rings. The van der Waals surface area contributed by atoms with E-state index in [1.165, 1.54) is 10.4 Å². The number of hydrogen-bond donors (Lipinski definition) is 3. The van der Waals surface area contributed by atoms with Gasteiger partial charge >= 0.3 is 0 Å². The molecule has 0 bridgehead atoms. The van der Waals surface area contributed by atoms with E-state index in [0.717, 1.165) is 21.7 Å². The number of aryl methyl sites for hydroxylation is 2. The maximum atomic E-state index is 5.44. The molecule has 1 aromatic carbocycles. The number of benzene rings is 1. The van der Waals surface area contributed by atoms with E-state index in [2.05, 4.69) is 52.8 Å². The number of nitrogens with two attached hydrogens (primary N) is 1. The lowest BCUT2D eigenvalue weighted by Crippen LogP contribution is -2.11. The molecule has 0 radical (unpaired) electrons. The van der Waals surface area contributed by atoms with Crippen molar-refractivity contribution in [1.82, 2.24) is 9.97 Å². The average Bonchev–Trinajstić information content (AvgIpc) is 2.79. The second-order valence-corrected chi connectivity index (χ2v) is 5.85. The summed E-state index contributed by atoms with van der Waals surface area (Å²) in [6, 6.07) is 10.2. The zero-order chi connectivity index (χ0) is 14.1. The molecule has 0 saturated heterocycles. The van der Waals surface area contributed by atoms with Gasteiger partial charge in [-0.25, -0.2) is 10.8 Å². The maximum Gasteiger partial charge on any atom is 0.240 e. The quantitative estimate of drug-likeness (QED) is 0.508. The van der Waals surface area contributed by atoms with Gasteiger partial charge in [-0.2, -0.15) is 4.98 Å². The van der Waals surface area contributed by atoms with Gasteiger partial charge in [0, 0.05) is 10.6 Å². The van der Waals surface area contributed by atoms with E-state index in [-0.39, 0.29) is 0 Å². The van der Waals surface area contributed by atoms with E-state index in [9.17, 15) is 0 Å². The number of thiophene rings is 1. The van der Waals surface area contributed by atoms with Gasteiger partial charge in [0.2, 0.25) is 5.95 Å². The first-order chi connectivity index (χ1) is 9.65. The van der Waals surface area contributed by atoms with E-state index in [1.54, 1.807) is 11.3 Å². The van der Waals surface area contributed by atoms with E-state index in [1.807, 2.05) is 12.1 Å². The van der Waals surface area contributed by atoms with E-state index in [0.29, 0.717) is 5.95 Å². The molecule has 3 rings (SSSR count). The predicted octanol–water partition coefficient (Wildman–Crippen LogP) is 3.34. The Morgan fingerprint density at radius 1 is 1.15 bits per heavy atom. The molecule has 0 unspecified atom stereocenters. The van der Waals surface area contributed by atoms with Crippen LogP contribution < -0.4 is 16.6 Å². The van der Waals surface area contributed by atoms with Crippen molar-refractivity contribution >= 4 is 39.0 Å². The van der Waals surface area contributed by atoms with Crippen LogP contribution in [0.15, 0.2) is 30.3 Å². The molecule has 0 amide bonds. The largest absolute Gasteiger partial charge is 0.340 e. The Morgan fingerprint density at radius 3 is 2.75 bits per heavy atom. The molecule has 20 heavy (non-hydrogen) atoms. The fourth-order valence-corrected chi connectivity index (χ4v) is 2.94. The Kier molecular flexibility index (Phi) is 3.25. The van der Waals surface area contributed by atoms with Crippen LogP contribution in [-0.4, -0.2) is 9.97 Å². The van der Waals surface area contributed by atoms with Gasteiger partial charge in [-0.05, 0) is 37.6 Å². The summed E-state index contributed by atoms with van der Waals surface area (Å²) in [6.07, 6.45) is 0. The van der Waals surface area contributed by atoms with E-state index >= 15 is 0 Å². The lowest BCUT2D eigenvalue weighted by Gasteiger charge is -2.09. The van der Waals surface area contributed by atoms with Gasteiger partial charge in [0.15, 0.2) is 0 Å². The SMILES string of the molecule is Cc1cccc(Nc2nc(NN)nc3sc(C)cc23)c1. The summed E-state index contributed by atoms with van der Waals surface area (Å²) in [5.74, 6) is 6.61. The summed E-state index contributed by atoms with van der Waals surface area (Å²) >= 11 is 1.62. The van der Waals surface area contributed by atoms with Gasteiger partial charge in [0.05, 0.1) is 5.39 Å². The molecule has 4 N–H and O–H groups in total. The first-order valence-electron chi connectivity index (χ1n) is 6.24. The summed E-state index contributed by atoms with van der Waals surface area (Å²) < 4.78 is 0. The van der Waals surface area contributed by atoms with Gasteiger partial charge in [-0.15, -0.1) is 11.3 Å². The highest BCUT2D eigenvalue weighted by atomic mass is 32.1. The molecule has 0 atom stereocenters. The van der Waals surface area contributed by atoms with Gasteiger partial charge in [0.25, 0.3) is 0 Å². The first kappa shape index (κ1) is 12.8. The van der Waals surface area contributed by atoms with Crippen LogP contribution in [0.25, 0.3) is 10.2 Å². The lowest BCUT2D eigenvalue weighted by molar-refractivity contribution is 1.16. The molecule has 2 aromatic heterocycles. The van der Waals surface area contributed by atoms with Crippen LogP contribution >= 0.6 is 11.3 Å². The van der Waals surface area contributed by atoms with Crippen molar-refractivity contribution in [2.45, 2.75) is 13.8 Å². The van der Waals surface area contributed by atoms with Crippen LogP contribution in [0.4, 0.5) is 17.5 Å². The maximum absolute atomic E-state index is 5.44. The average molecular weight is 285 g/mol. The van der Waals surface area contributed by atoms with Crippen molar-refractivity contribution in [1.29, 1.82) is 0 Å². The highest BCUT2D eigenvalue weighted by Crippen LogP contribution is 2.31. The summed E-state index contributed by atoms with van der Waals surface area (Å²) in [4.78, 5) is 10.9. The van der Waals surface area contributed by atoms with Crippen molar-refractivity contribution in [3.05, 3.63) is 40.8 Å². The fourth-order valence-electron chi connectivity index (χ4n) is 2.06. The molecule has 0 aliphatic heterocycles. The van der Waals surface area contributed by atoms with Crippen molar-refractivity contribution in [2.75, 3.05) is 10.7 Å². The Morgan fingerprint density at radius 2 is 2.00 bits per heavy atom. The molecule has 0 aliphatic carbocycles. The molecule has 6 heteroatoms. The number of hydrogen-bond acceptors (Lipinski definition) is 6. The number of nitrogens with zero attached hydrogens (tertiary/aromatic N) is 2. The minimum absolute atomic E-state index is 0.412. The molecule has 0 saturated carbocycles. The normalized spacial score (nSPS) is 10.8. The minimum Gasteiger partial charge on any atom is -0.340 e. The molecule has 3 aromatic rings. The fraction of sp³-hybridized carbons (Fsp3) is 0.143. The molecule has 102 valence electrons. The van der Waals surface area contributed by atoms with Crippen molar-refractivity contribution < 1.29 is 0 Å². The highest BCUT2D eigenvalue weighted by Gasteiger charge is 2.10. The van der Waals surface area contributed by atoms with Crippen molar-refractivity contribution in [3.8, 4) is 0 Å². The predicted molar refractivity (Wildman–Crippen MR) is 84.4 cm³/mol. The Labute approximate surface area is 120 Å². The molecule has 0 spiro atoms. The van der Waals surface area contributed by atoms with Crippen LogP contribution in [0.3, 0.4) is 0 Å². The topological polar surface area (TPSA) is 75.9 Å². The standard InChI is InChI=1S/C14H15N5S/c1-8-4-3-5-10(6-8)16-12-11-7-9(2)20-13(11)18-14(17-12)19-15/h3-7H,15H2,1-2H3,(H2,16,17,18,19). The molecular formula is C14H15N5S. The van der Waals surface area contributed by atoms with Crippen LogP contribution in [0.1, 0.15) is 10.4 Å². The third-order valence-electron chi connectivity index (χ3n) is 2.93. The van der Waals surface area contributed by atoms with E-state index in [4.69, 9.17) is 5.84 Å². The summed E-state index contributed by atoms with van der Waals surface area (Å²) in [5, 5.41) is 4.34. The number of aromatic nitrogens is 2. The van der Waals surface area contributed by atoms with Crippen molar-refractivity contribution in [2.24, 2.45) is 5.84 Å². The van der Waals surface area contributed by atoms with Crippen LogP contribution in [0.5, 0.6) is 0 Å². The smallest absolute Gasteiger partial charge is 0.240 e. The van der Waals surface area contributed by atoms with Gasteiger partial charge in [-0.3, -0.25) is 5.43 Å². The van der Waals surface area contributed by atoms with Crippen LogP contribution in [0.2, 0.25) is 0 Å². The number of rotatable bonds is 3. The second kappa shape index (κ2) is 5.07. The molecular weight excluding hydrogens is 270 g/mol. The number of hydrazine groups is 1. The van der Waals surface area contributed by atoms with Crippen LogP contribution in [-0.2, 0) is 0 Å². The third kappa shape index (κ3) is 2.43. The first-order valence-corrected chi connectivity index (χ1v) is 7.06. The van der Waals surface area contributed by atoms with Gasteiger partial charge in [-0.1, -0.05) is 12.1 Å². The molecule has 2 heterocycles. The number of nitrogen functional groups attached to an aromatic ring is 1. The highest BCUT2D eigenvalue weighted by molar-refractivity contribution is 7.18. The van der Waals surface area contributed by atoms with E-state index < -0.39 is 0 Å². The summed E-state index contributed by atoms with van der Waals surface area (Å²) in [6.45, 7) is 4.11. The lowest BCUT2D eigenvalue weighted by atomic mass is 10.2. The Balaban J connectivity index is 2.09. The number of anilines is 3. The molecule has 5 nitrogen and oxygen atoms in total. The monoisotopic (exact) mass is 285 g/mol. The Hall–Kier alpha value is -2.18. The van der Waals surface area contributed by atoms with Gasteiger partial charge in [0.1, 0.15) is 10.6 Å². The van der Waals surface area contributed by atoms with Crippen LogP contribution in [0, 0.1) is 13.8 Å². The zero-order valence-corrected chi connectivity index (χ0v) is 12.1. The summed E-state index contributed by atoms with van der Waals surface area (Å²) in [7, 11) is 0. The number of nitrogens with one attached hydrogen (secondary N) is 2.